The summed E-state index contributed by atoms with van der Waals surface area (Å²) in [6, 6.07) is -0.170. The van der Waals surface area contributed by atoms with Gasteiger partial charge in [0.1, 0.15) is 29.2 Å². The second-order valence-electron chi connectivity index (χ2n) is 18.8. The fourth-order valence-electron chi connectivity index (χ4n) is 9.63. The van der Waals surface area contributed by atoms with E-state index in [1.165, 1.54) is 35.0 Å². The first-order valence-electron chi connectivity index (χ1n) is 22.2. The van der Waals surface area contributed by atoms with Gasteiger partial charge in [-0.15, -0.1) is 0 Å². The molecule has 0 radical (unpaired) electrons. The molecule has 0 saturated carbocycles. The Hall–Kier alpha value is -2.32. The maximum atomic E-state index is 14.5. The monoisotopic (exact) mass is 890 g/mol. The second kappa shape index (κ2) is 22.7. The van der Waals surface area contributed by atoms with Crippen molar-refractivity contribution in [2.75, 3.05) is 41.5 Å². The average Bonchev–Trinajstić information content (AvgIpc) is 3.20. The number of aliphatic hydroxyl groups is 2. The van der Waals surface area contributed by atoms with E-state index in [-0.39, 0.29) is 56.4 Å². The second-order valence-corrected chi connectivity index (χ2v) is 18.8. The number of ether oxygens (including phenoxy) is 10. The summed E-state index contributed by atoms with van der Waals surface area (Å²) in [4.78, 5) is 54.4. The molecule has 2 N–H and O–H groups in total. The first-order chi connectivity index (χ1) is 28.8. The van der Waals surface area contributed by atoms with Crippen molar-refractivity contribution >= 4 is 23.7 Å². The van der Waals surface area contributed by atoms with Gasteiger partial charge in [-0.3, -0.25) is 19.2 Å². The molecule has 0 aromatic rings. The Morgan fingerprint density at radius 2 is 1.45 bits per heavy atom. The van der Waals surface area contributed by atoms with Crippen molar-refractivity contribution in [2.24, 2.45) is 23.7 Å². The van der Waals surface area contributed by atoms with Crippen molar-refractivity contribution in [2.45, 2.75) is 199 Å². The highest BCUT2D eigenvalue weighted by Gasteiger charge is 2.55. The number of aliphatic hydroxyl groups excluding tert-OH is 1. The number of likely N-dealkylation sites (N-methyl/N-ethyl adjacent to an activating group) is 1. The Morgan fingerprint density at radius 3 is 2.00 bits per heavy atom. The van der Waals surface area contributed by atoms with Gasteiger partial charge in [0.2, 0.25) is 0 Å². The fourth-order valence-corrected chi connectivity index (χ4v) is 9.63. The maximum Gasteiger partial charge on any atom is 0.311 e. The van der Waals surface area contributed by atoms with Gasteiger partial charge in [-0.1, -0.05) is 27.7 Å². The number of nitrogens with zero attached hydrogens (tertiary/aromatic N) is 1. The molecule has 18 atom stereocenters. The molecule has 3 fully saturated rings. The number of rotatable bonds is 14. The molecule has 3 rings (SSSR count). The Kier molecular flexibility index (Phi) is 19.8. The molecule has 0 unspecified atom stereocenters. The van der Waals surface area contributed by atoms with E-state index in [4.69, 9.17) is 47.4 Å². The predicted octanol–water partition coefficient (Wildman–Crippen LogP) is 3.99. The lowest BCUT2D eigenvalue weighted by Gasteiger charge is -2.50. The molecule has 0 spiro atoms. The van der Waals surface area contributed by atoms with Crippen LogP contribution in [0.25, 0.3) is 0 Å². The van der Waals surface area contributed by atoms with Crippen LogP contribution in [0.4, 0.5) is 0 Å². The summed E-state index contributed by atoms with van der Waals surface area (Å²) in [6.45, 7) is 20.3. The molecule has 17 nitrogen and oxygen atoms in total. The van der Waals surface area contributed by atoms with E-state index in [1.54, 1.807) is 41.5 Å². The lowest BCUT2D eigenvalue weighted by molar-refractivity contribution is -0.323. The standard InChI is InChI=1S/C45H79NO16/c1-17-33-45(12,52)38(50)26(4)35(49)24(2)22-43(10,53-15)39(62-42-37(56-20-18-19-55-30(8)47)32(46(13)14)21-25(3)57-42)27(5)36(28(6)41(51)60-33)61-34-23-44(11,54-16)40(29(7)58-34)59-31(9)48/h24-29,32-34,36-40,42,50,52H,17-23H2,1-16H3/t24-,25-,26+,27+,28-,29+,32+,33-,34+,36+,37-,38-,39-,40+,42+,43+,44-,45-/m1/s1. The van der Waals surface area contributed by atoms with Crippen LogP contribution in [0, 0.1) is 23.7 Å². The van der Waals surface area contributed by atoms with Crippen molar-refractivity contribution in [1.82, 2.24) is 4.90 Å². The van der Waals surface area contributed by atoms with Gasteiger partial charge in [-0.2, -0.15) is 0 Å². The smallest absolute Gasteiger partial charge is 0.311 e. The summed E-state index contributed by atoms with van der Waals surface area (Å²) in [7, 11) is 6.93. The molecular formula is C45H79NO16. The van der Waals surface area contributed by atoms with Gasteiger partial charge < -0.3 is 62.5 Å². The van der Waals surface area contributed by atoms with E-state index in [2.05, 4.69) is 0 Å². The first-order valence-corrected chi connectivity index (χ1v) is 22.2. The van der Waals surface area contributed by atoms with Crippen LogP contribution >= 0.6 is 0 Å². The minimum absolute atomic E-state index is 0.0926. The van der Waals surface area contributed by atoms with Crippen molar-refractivity contribution in [3.8, 4) is 0 Å². The van der Waals surface area contributed by atoms with Gasteiger partial charge >= 0.3 is 17.9 Å². The van der Waals surface area contributed by atoms with Gasteiger partial charge in [-0.25, -0.2) is 0 Å². The van der Waals surface area contributed by atoms with E-state index in [9.17, 15) is 29.4 Å². The van der Waals surface area contributed by atoms with Gasteiger partial charge in [-0.05, 0) is 74.9 Å². The van der Waals surface area contributed by atoms with Crippen LogP contribution in [0.15, 0.2) is 0 Å². The number of carbonyl (C=O) groups excluding carboxylic acids is 4. The molecule has 0 aromatic carbocycles. The highest BCUT2D eigenvalue weighted by molar-refractivity contribution is 5.83. The molecule has 62 heavy (non-hydrogen) atoms. The molecule has 0 aliphatic carbocycles. The Labute approximate surface area is 369 Å². The molecule has 360 valence electrons. The zero-order chi connectivity index (χ0) is 47.1. The highest BCUT2D eigenvalue weighted by Crippen LogP contribution is 2.42. The molecule has 0 bridgehead atoms. The first kappa shape index (κ1) is 54.0. The third kappa shape index (κ3) is 12.9. The Morgan fingerprint density at radius 1 is 0.839 bits per heavy atom. The van der Waals surface area contributed by atoms with Crippen molar-refractivity contribution in [3.63, 3.8) is 0 Å². The Bertz CT molecular complexity index is 1480. The Balaban J connectivity index is 2.25. The van der Waals surface area contributed by atoms with Crippen LogP contribution in [0.3, 0.4) is 0 Å². The number of methoxy groups -OCH3 is 2. The topological polar surface area (TPSA) is 204 Å². The number of esters is 3. The summed E-state index contributed by atoms with van der Waals surface area (Å²) in [5.74, 6) is -5.53. The van der Waals surface area contributed by atoms with Crippen LogP contribution < -0.4 is 0 Å². The number of Topliss-reactive ketones (excluding diaryl/α,β-unsaturated/α-hetero) is 1. The van der Waals surface area contributed by atoms with Gasteiger partial charge in [0.05, 0.1) is 55.3 Å². The summed E-state index contributed by atoms with van der Waals surface area (Å²) >= 11 is 0. The molecule has 17 heteroatoms. The van der Waals surface area contributed by atoms with Gasteiger partial charge in [0.15, 0.2) is 18.7 Å². The fraction of sp³-hybridized carbons (Fsp3) is 0.911. The molecule has 3 saturated heterocycles. The van der Waals surface area contributed by atoms with Crippen molar-refractivity contribution < 1.29 is 76.8 Å². The predicted molar refractivity (Wildman–Crippen MR) is 226 cm³/mol. The van der Waals surface area contributed by atoms with Crippen LogP contribution in [0.2, 0.25) is 0 Å². The van der Waals surface area contributed by atoms with Gasteiger partial charge in [0, 0.05) is 64.7 Å². The third-order valence-corrected chi connectivity index (χ3v) is 13.4. The van der Waals surface area contributed by atoms with Crippen molar-refractivity contribution in [3.05, 3.63) is 0 Å². The maximum absolute atomic E-state index is 14.5. The third-order valence-electron chi connectivity index (χ3n) is 13.4. The minimum atomic E-state index is -2.00. The average molecular weight is 890 g/mol. The van der Waals surface area contributed by atoms with E-state index < -0.39 is 108 Å². The molecule has 3 heterocycles. The number of cyclic esters (lactones) is 1. The molecule has 3 aliphatic heterocycles. The number of carbonyl (C=O) groups is 4. The lowest BCUT2D eigenvalue weighted by atomic mass is 9.74. The van der Waals surface area contributed by atoms with E-state index >= 15 is 0 Å². The number of ketones is 1. The zero-order valence-electron chi connectivity index (χ0n) is 40.2. The number of hydrogen-bond acceptors (Lipinski definition) is 17. The summed E-state index contributed by atoms with van der Waals surface area (Å²) < 4.78 is 62.8. The minimum Gasteiger partial charge on any atom is -0.466 e. The normalized spacial score (nSPS) is 42.8. The van der Waals surface area contributed by atoms with Gasteiger partial charge in [0.25, 0.3) is 0 Å². The quantitative estimate of drug-likeness (QED) is 0.144. The largest absolute Gasteiger partial charge is 0.466 e. The lowest BCUT2D eigenvalue weighted by Crippen LogP contribution is -2.62. The molecule has 0 amide bonds. The molecule has 0 aromatic heterocycles. The molecule has 3 aliphatic rings. The summed E-state index contributed by atoms with van der Waals surface area (Å²) in [5, 5.41) is 23.4. The van der Waals surface area contributed by atoms with Crippen LogP contribution in [0.1, 0.15) is 115 Å². The van der Waals surface area contributed by atoms with Crippen LogP contribution in [-0.2, 0) is 66.5 Å². The van der Waals surface area contributed by atoms with E-state index in [0.717, 1.165) is 0 Å². The van der Waals surface area contributed by atoms with E-state index in [1.807, 2.05) is 39.8 Å². The van der Waals surface area contributed by atoms with Crippen LogP contribution in [-0.4, -0.2) is 165 Å². The summed E-state index contributed by atoms with van der Waals surface area (Å²) in [5.41, 5.74) is -4.34. The summed E-state index contributed by atoms with van der Waals surface area (Å²) in [6.07, 6.45) is -7.83. The SMILES string of the molecule is CC[C@H]1OC(=O)[C@H](C)[C@@H](O[C@H]2C[C@@](C)(OC)[C@@H](OC(C)=O)[C@H](C)O2)[C@H](C)[C@@H](O[C@@H]2O[C@H](C)C[C@H](N(C)C)[C@H]2OCCCOC(C)=O)[C@@](C)(OC)C[C@@H](C)C(=O)[C@H](C)[C@@H](O)[C@]1(C)O. The van der Waals surface area contributed by atoms with Crippen molar-refractivity contribution in [1.29, 1.82) is 0 Å². The highest BCUT2D eigenvalue weighted by atomic mass is 16.7. The molecular weight excluding hydrogens is 810 g/mol. The van der Waals surface area contributed by atoms with Crippen LogP contribution in [0.5, 0.6) is 0 Å². The number of hydrogen-bond donors (Lipinski definition) is 2. The van der Waals surface area contributed by atoms with E-state index in [0.29, 0.717) is 12.8 Å². The zero-order valence-corrected chi connectivity index (χ0v) is 40.2.